The fourth-order valence-electron chi connectivity index (χ4n) is 1.10. The number of hydrogen-bond donors (Lipinski definition) is 1. The standard InChI is InChI=1S/C9H12ClNO2S/c1-7(11)6-14(12,13)9-4-2-3-8(10)5-9/h2-5,7H,6,11H2,1H3. The van der Waals surface area contributed by atoms with Crippen LogP contribution < -0.4 is 5.73 Å². The number of sulfone groups is 1. The predicted octanol–water partition coefficient (Wildman–Crippen LogP) is 1.46. The molecule has 5 heteroatoms. The molecule has 1 rings (SSSR count). The minimum Gasteiger partial charge on any atom is -0.327 e. The number of hydrogen-bond acceptors (Lipinski definition) is 3. The maximum Gasteiger partial charge on any atom is 0.179 e. The molecule has 0 saturated carbocycles. The van der Waals surface area contributed by atoms with Gasteiger partial charge in [-0.2, -0.15) is 0 Å². The second-order valence-electron chi connectivity index (χ2n) is 3.22. The van der Waals surface area contributed by atoms with Crippen LogP contribution in [0.3, 0.4) is 0 Å². The van der Waals surface area contributed by atoms with Gasteiger partial charge in [-0.25, -0.2) is 8.42 Å². The molecular formula is C9H12ClNO2S. The Morgan fingerprint density at radius 2 is 2.14 bits per heavy atom. The molecule has 0 saturated heterocycles. The second kappa shape index (κ2) is 4.29. The van der Waals surface area contributed by atoms with Crippen LogP contribution in [0.15, 0.2) is 29.2 Å². The first kappa shape index (κ1) is 11.5. The van der Waals surface area contributed by atoms with Crippen LogP contribution in [0.2, 0.25) is 5.02 Å². The summed E-state index contributed by atoms with van der Waals surface area (Å²) < 4.78 is 23.3. The van der Waals surface area contributed by atoms with Gasteiger partial charge < -0.3 is 5.73 Å². The summed E-state index contributed by atoms with van der Waals surface area (Å²) in [4.78, 5) is 0.224. The van der Waals surface area contributed by atoms with Gasteiger partial charge in [-0.05, 0) is 25.1 Å². The Bertz CT molecular complexity index is 415. The Morgan fingerprint density at radius 3 is 2.64 bits per heavy atom. The first-order valence-electron chi connectivity index (χ1n) is 4.16. The van der Waals surface area contributed by atoms with Gasteiger partial charge in [-0.3, -0.25) is 0 Å². The zero-order valence-corrected chi connectivity index (χ0v) is 9.35. The van der Waals surface area contributed by atoms with Crippen LogP contribution in [0.5, 0.6) is 0 Å². The molecule has 0 aromatic heterocycles. The molecule has 2 N–H and O–H groups in total. The molecule has 78 valence electrons. The Balaban J connectivity index is 3.05. The van der Waals surface area contributed by atoms with Gasteiger partial charge >= 0.3 is 0 Å². The smallest absolute Gasteiger partial charge is 0.179 e. The third-order valence-electron chi connectivity index (χ3n) is 1.64. The minimum absolute atomic E-state index is 0.0622. The molecule has 14 heavy (non-hydrogen) atoms. The molecule has 1 aromatic rings. The van der Waals surface area contributed by atoms with Gasteiger partial charge in [0.15, 0.2) is 9.84 Å². The monoisotopic (exact) mass is 233 g/mol. The molecule has 0 amide bonds. The largest absolute Gasteiger partial charge is 0.327 e. The maximum atomic E-state index is 11.7. The summed E-state index contributed by atoms with van der Waals surface area (Å²) in [5.41, 5.74) is 5.44. The SMILES string of the molecule is CC(N)CS(=O)(=O)c1cccc(Cl)c1. The molecule has 0 heterocycles. The summed E-state index contributed by atoms with van der Waals surface area (Å²) in [7, 11) is -3.29. The van der Waals surface area contributed by atoms with Crippen molar-refractivity contribution in [3.8, 4) is 0 Å². The molecular weight excluding hydrogens is 222 g/mol. The highest BCUT2D eigenvalue weighted by Gasteiger charge is 2.16. The summed E-state index contributed by atoms with van der Waals surface area (Å²) >= 11 is 5.69. The Labute approximate surface area is 88.8 Å². The maximum absolute atomic E-state index is 11.7. The summed E-state index contributed by atoms with van der Waals surface area (Å²) in [6, 6.07) is 5.81. The topological polar surface area (TPSA) is 60.2 Å². The van der Waals surface area contributed by atoms with Crippen LogP contribution in [-0.2, 0) is 9.84 Å². The normalized spacial score (nSPS) is 13.9. The number of rotatable bonds is 3. The average Bonchev–Trinajstić information content (AvgIpc) is 2.01. The lowest BCUT2D eigenvalue weighted by molar-refractivity contribution is 0.590. The Morgan fingerprint density at radius 1 is 1.50 bits per heavy atom. The van der Waals surface area contributed by atoms with Gasteiger partial charge in [-0.1, -0.05) is 17.7 Å². The lowest BCUT2D eigenvalue weighted by Gasteiger charge is -2.06. The van der Waals surface area contributed by atoms with Crippen LogP contribution in [0, 0.1) is 0 Å². The molecule has 0 aliphatic carbocycles. The van der Waals surface area contributed by atoms with Crippen molar-refractivity contribution < 1.29 is 8.42 Å². The molecule has 0 fully saturated rings. The fraction of sp³-hybridized carbons (Fsp3) is 0.333. The molecule has 0 bridgehead atoms. The van der Waals surface area contributed by atoms with Gasteiger partial charge in [0.1, 0.15) is 0 Å². The van der Waals surface area contributed by atoms with E-state index in [2.05, 4.69) is 0 Å². The van der Waals surface area contributed by atoms with Gasteiger partial charge in [0, 0.05) is 11.1 Å². The van der Waals surface area contributed by atoms with E-state index in [0.717, 1.165) is 0 Å². The van der Waals surface area contributed by atoms with Crippen molar-refractivity contribution in [2.75, 3.05) is 5.75 Å². The van der Waals surface area contributed by atoms with Crippen molar-refractivity contribution in [2.45, 2.75) is 17.9 Å². The van der Waals surface area contributed by atoms with Gasteiger partial charge in [0.25, 0.3) is 0 Å². The highest BCUT2D eigenvalue weighted by atomic mass is 35.5. The van der Waals surface area contributed by atoms with Gasteiger partial charge in [0.05, 0.1) is 10.6 Å². The molecule has 1 aromatic carbocycles. The summed E-state index contributed by atoms with van der Waals surface area (Å²) in [6.45, 7) is 1.65. The van der Waals surface area contributed by atoms with Crippen LogP contribution >= 0.6 is 11.6 Å². The fourth-order valence-corrected chi connectivity index (χ4v) is 2.83. The third kappa shape index (κ3) is 2.97. The number of nitrogens with two attached hydrogens (primary N) is 1. The minimum atomic E-state index is -3.29. The van der Waals surface area contributed by atoms with Gasteiger partial charge in [-0.15, -0.1) is 0 Å². The lowest BCUT2D eigenvalue weighted by atomic mass is 10.4. The van der Waals surface area contributed by atoms with E-state index >= 15 is 0 Å². The molecule has 0 spiro atoms. The zero-order valence-electron chi connectivity index (χ0n) is 7.77. The summed E-state index contributed by atoms with van der Waals surface area (Å²) in [6.07, 6.45) is 0. The quantitative estimate of drug-likeness (QED) is 0.860. The average molecular weight is 234 g/mol. The third-order valence-corrected chi connectivity index (χ3v) is 3.81. The van der Waals surface area contributed by atoms with E-state index in [9.17, 15) is 8.42 Å². The van der Waals surface area contributed by atoms with Crippen molar-refractivity contribution >= 4 is 21.4 Å². The van der Waals surface area contributed by atoms with Crippen LogP contribution in [-0.4, -0.2) is 20.2 Å². The van der Waals surface area contributed by atoms with E-state index in [1.165, 1.54) is 12.1 Å². The van der Waals surface area contributed by atoms with E-state index in [-0.39, 0.29) is 16.7 Å². The van der Waals surface area contributed by atoms with Crippen molar-refractivity contribution in [3.63, 3.8) is 0 Å². The van der Waals surface area contributed by atoms with Crippen LogP contribution in [0.25, 0.3) is 0 Å². The van der Waals surface area contributed by atoms with Crippen molar-refractivity contribution in [2.24, 2.45) is 5.73 Å². The van der Waals surface area contributed by atoms with E-state index in [1.54, 1.807) is 19.1 Å². The number of benzene rings is 1. The summed E-state index contributed by atoms with van der Waals surface area (Å²) in [5, 5.41) is 0.413. The van der Waals surface area contributed by atoms with E-state index < -0.39 is 9.84 Å². The van der Waals surface area contributed by atoms with E-state index in [1.807, 2.05) is 0 Å². The molecule has 0 aliphatic rings. The van der Waals surface area contributed by atoms with Crippen molar-refractivity contribution in [1.29, 1.82) is 0 Å². The van der Waals surface area contributed by atoms with Crippen LogP contribution in [0.4, 0.5) is 0 Å². The summed E-state index contributed by atoms with van der Waals surface area (Å²) in [5.74, 6) is -0.0622. The highest BCUT2D eigenvalue weighted by molar-refractivity contribution is 7.91. The molecule has 3 nitrogen and oxygen atoms in total. The van der Waals surface area contributed by atoms with Crippen molar-refractivity contribution in [3.05, 3.63) is 29.3 Å². The second-order valence-corrected chi connectivity index (χ2v) is 5.69. The highest BCUT2D eigenvalue weighted by Crippen LogP contribution is 2.16. The van der Waals surface area contributed by atoms with Crippen LogP contribution in [0.1, 0.15) is 6.92 Å². The van der Waals surface area contributed by atoms with E-state index in [4.69, 9.17) is 17.3 Å². The molecule has 0 aliphatic heterocycles. The first-order valence-corrected chi connectivity index (χ1v) is 6.19. The van der Waals surface area contributed by atoms with Crippen molar-refractivity contribution in [1.82, 2.24) is 0 Å². The van der Waals surface area contributed by atoms with Gasteiger partial charge in [0.2, 0.25) is 0 Å². The molecule has 1 unspecified atom stereocenters. The first-order chi connectivity index (χ1) is 6.42. The number of halogens is 1. The Hall–Kier alpha value is -0.580. The Kier molecular flexibility index (Phi) is 3.53. The molecule has 1 atom stereocenters. The zero-order chi connectivity index (χ0) is 10.8. The van der Waals surface area contributed by atoms with E-state index in [0.29, 0.717) is 5.02 Å². The molecule has 0 radical (unpaired) electrons. The predicted molar refractivity (Wildman–Crippen MR) is 57.2 cm³/mol. The lowest BCUT2D eigenvalue weighted by Crippen LogP contribution is -2.26.